The molecule has 0 aliphatic carbocycles. The van der Waals surface area contributed by atoms with E-state index < -0.39 is 0 Å². The van der Waals surface area contributed by atoms with Gasteiger partial charge in [0.2, 0.25) is 17.6 Å². The number of pyridine rings is 1. The van der Waals surface area contributed by atoms with Crippen molar-refractivity contribution in [2.75, 3.05) is 7.11 Å². The minimum Gasteiger partial charge on any atom is -0.497 e. The Kier molecular flexibility index (Phi) is 6.79. The van der Waals surface area contributed by atoms with Crippen LogP contribution in [-0.4, -0.2) is 28.1 Å². The number of methoxy groups -OCH3 is 1. The van der Waals surface area contributed by atoms with Crippen LogP contribution in [0, 0.1) is 6.92 Å². The molecule has 0 atom stereocenters. The number of amides is 1. The summed E-state index contributed by atoms with van der Waals surface area (Å²) in [6.07, 6.45) is 1.66. The topological polar surface area (TPSA) is 109 Å². The van der Waals surface area contributed by atoms with Crippen LogP contribution in [0.25, 0.3) is 0 Å². The van der Waals surface area contributed by atoms with E-state index in [1.807, 2.05) is 24.3 Å². The van der Waals surface area contributed by atoms with E-state index in [1.165, 1.54) is 0 Å². The molecule has 0 bridgehead atoms. The fourth-order valence-electron chi connectivity index (χ4n) is 2.90. The van der Waals surface area contributed by atoms with E-state index in [-0.39, 0.29) is 12.5 Å². The SMILES string of the molecule is COc1cccc(Oc2ccc(CNC(=O)c3ccc(OCc4noc(C)n4)cc3)cn2)c1. The van der Waals surface area contributed by atoms with Crippen molar-refractivity contribution < 1.29 is 23.5 Å². The number of carbonyl (C=O) groups excluding carboxylic acids is 1. The Morgan fingerprint density at radius 2 is 1.85 bits per heavy atom. The molecule has 33 heavy (non-hydrogen) atoms. The van der Waals surface area contributed by atoms with E-state index in [2.05, 4.69) is 20.4 Å². The number of hydrogen-bond donors (Lipinski definition) is 1. The van der Waals surface area contributed by atoms with Crippen LogP contribution in [0.5, 0.6) is 23.1 Å². The first-order valence-electron chi connectivity index (χ1n) is 10.2. The van der Waals surface area contributed by atoms with Crippen LogP contribution in [0.3, 0.4) is 0 Å². The summed E-state index contributed by atoms with van der Waals surface area (Å²) in [6, 6.07) is 17.7. The van der Waals surface area contributed by atoms with Crippen LogP contribution >= 0.6 is 0 Å². The van der Waals surface area contributed by atoms with Crippen molar-refractivity contribution in [3.05, 3.63) is 89.7 Å². The molecule has 0 fully saturated rings. The van der Waals surface area contributed by atoms with E-state index in [4.69, 9.17) is 18.7 Å². The molecule has 0 spiro atoms. The molecule has 1 N–H and O–H groups in total. The lowest BCUT2D eigenvalue weighted by atomic mass is 10.2. The predicted molar refractivity (Wildman–Crippen MR) is 118 cm³/mol. The maximum absolute atomic E-state index is 12.4. The van der Waals surface area contributed by atoms with Crippen molar-refractivity contribution in [1.29, 1.82) is 0 Å². The van der Waals surface area contributed by atoms with Crippen molar-refractivity contribution in [2.45, 2.75) is 20.1 Å². The second-order valence-electron chi connectivity index (χ2n) is 7.01. The highest BCUT2D eigenvalue weighted by molar-refractivity contribution is 5.94. The summed E-state index contributed by atoms with van der Waals surface area (Å²) in [4.78, 5) is 20.8. The lowest BCUT2D eigenvalue weighted by Gasteiger charge is -2.09. The number of aryl methyl sites for hydroxylation is 1. The van der Waals surface area contributed by atoms with Crippen LogP contribution in [0.4, 0.5) is 0 Å². The van der Waals surface area contributed by atoms with Crippen LogP contribution in [0.2, 0.25) is 0 Å². The summed E-state index contributed by atoms with van der Waals surface area (Å²) in [5, 5.41) is 6.64. The van der Waals surface area contributed by atoms with E-state index in [1.54, 1.807) is 56.6 Å². The molecule has 2 heterocycles. The molecule has 1 amide bonds. The van der Waals surface area contributed by atoms with E-state index in [0.29, 0.717) is 47.0 Å². The zero-order valence-electron chi connectivity index (χ0n) is 18.1. The zero-order valence-corrected chi connectivity index (χ0v) is 18.1. The molecule has 9 heteroatoms. The van der Waals surface area contributed by atoms with Crippen LogP contribution in [0.1, 0.15) is 27.6 Å². The van der Waals surface area contributed by atoms with Gasteiger partial charge in [-0.2, -0.15) is 4.98 Å². The van der Waals surface area contributed by atoms with Gasteiger partial charge in [-0.3, -0.25) is 4.79 Å². The molecule has 0 aliphatic heterocycles. The largest absolute Gasteiger partial charge is 0.497 e. The zero-order chi connectivity index (χ0) is 23.0. The van der Waals surface area contributed by atoms with Gasteiger partial charge in [0.1, 0.15) is 17.2 Å². The van der Waals surface area contributed by atoms with E-state index >= 15 is 0 Å². The number of nitrogens with one attached hydrogen (secondary N) is 1. The maximum Gasteiger partial charge on any atom is 0.251 e. The number of hydrogen-bond acceptors (Lipinski definition) is 8. The number of ether oxygens (including phenoxy) is 3. The molecule has 9 nitrogen and oxygen atoms in total. The molecule has 0 saturated carbocycles. The Balaban J connectivity index is 1.26. The van der Waals surface area contributed by atoms with Gasteiger partial charge in [-0.15, -0.1) is 0 Å². The quantitative estimate of drug-likeness (QED) is 0.410. The van der Waals surface area contributed by atoms with E-state index in [9.17, 15) is 4.79 Å². The predicted octanol–water partition coefficient (Wildman–Crippen LogP) is 4.08. The molecular formula is C24H22N4O5. The summed E-state index contributed by atoms with van der Waals surface area (Å²) < 4.78 is 21.4. The van der Waals surface area contributed by atoms with Gasteiger partial charge in [0.05, 0.1) is 7.11 Å². The molecule has 4 aromatic rings. The van der Waals surface area contributed by atoms with Crippen LogP contribution in [0.15, 0.2) is 71.4 Å². The standard InChI is InChI=1S/C24H22N4O5/c1-16-27-22(28-33-16)15-31-19-9-7-18(8-10-19)24(29)26-14-17-6-11-23(25-13-17)32-21-5-3-4-20(12-21)30-2/h3-13H,14-15H2,1-2H3,(H,26,29). The van der Waals surface area contributed by atoms with Gasteiger partial charge >= 0.3 is 0 Å². The maximum atomic E-state index is 12.4. The Bertz CT molecular complexity index is 1210. The van der Waals surface area contributed by atoms with Crippen molar-refractivity contribution in [3.63, 3.8) is 0 Å². The minimum atomic E-state index is -0.202. The Morgan fingerprint density at radius 1 is 1.03 bits per heavy atom. The number of carbonyl (C=O) groups is 1. The number of benzene rings is 2. The van der Waals surface area contributed by atoms with Gasteiger partial charge in [0.15, 0.2) is 6.61 Å². The minimum absolute atomic E-state index is 0.188. The molecule has 2 aromatic heterocycles. The number of nitrogens with zero attached hydrogens (tertiary/aromatic N) is 3. The molecule has 2 aromatic carbocycles. The third-order valence-electron chi connectivity index (χ3n) is 4.57. The van der Waals surface area contributed by atoms with Crippen molar-refractivity contribution in [3.8, 4) is 23.1 Å². The Hall–Kier alpha value is -4.40. The number of aromatic nitrogens is 3. The summed E-state index contributed by atoms with van der Waals surface area (Å²) in [5.74, 6) is 3.12. The fraction of sp³-hybridized carbons (Fsp3) is 0.167. The normalized spacial score (nSPS) is 10.5. The molecular weight excluding hydrogens is 424 g/mol. The van der Waals surface area contributed by atoms with Gasteiger partial charge in [0.25, 0.3) is 5.91 Å². The van der Waals surface area contributed by atoms with Gasteiger partial charge in [-0.25, -0.2) is 4.98 Å². The van der Waals surface area contributed by atoms with Gasteiger partial charge in [-0.1, -0.05) is 17.3 Å². The molecule has 0 radical (unpaired) electrons. The first kappa shape index (κ1) is 21.8. The molecule has 0 unspecified atom stereocenters. The van der Waals surface area contributed by atoms with Crippen molar-refractivity contribution in [2.24, 2.45) is 0 Å². The lowest BCUT2D eigenvalue weighted by molar-refractivity contribution is 0.0951. The Labute approximate surface area is 190 Å². The lowest BCUT2D eigenvalue weighted by Crippen LogP contribution is -2.22. The third kappa shape index (κ3) is 6.07. The van der Waals surface area contributed by atoms with E-state index in [0.717, 1.165) is 5.56 Å². The average molecular weight is 446 g/mol. The summed E-state index contributed by atoms with van der Waals surface area (Å²) in [6.45, 7) is 2.23. The Morgan fingerprint density at radius 3 is 2.55 bits per heavy atom. The highest BCUT2D eigenvalue weighted by atomic mass is 16.5. The van der Waals surface area contributed by atoms with Gasteiger partial charge in [-0.05, 0) is 42.0 Å². The first-order valence-corrected chi connectivity index (χ1v) is 10.2. The highest BCUT2D eigenvalue weighted by Crippen LogP contribution is 2.23. The molecule has 168 valence electrons. The molecule has 0 saturated heterocycles. The van der Waals surface area contributed by atoms with Crippen LogP contribution < -0.4 is 19.5 Å². The second-order valence-corrected chi connectivity index (χ2v) is 7.01. The highest BCUT2D eigenvalue weighted by Gasteiger charge is 2.08. The van der Waals surface area contributed by atoms with Gasteiger partial charge in [0, 0.05) is 37.4 Å². The van der Waals surface area contributed by atoms with Crippen LogP contribution in [-0.2, 0) is 13.2 Å². The smallest absolute Gasteiger partial charge is 0.251 e. The summed E-state index contributed by atoms with van der Waals surface area (Å²) in [7, 11) is 1.60. The summed E-state index contributed by atoms with van der Waals surface area (Å²) >= 11 is 0. The van der Waals surface area contributed by atoms with Gasteiger partial charge < -0.3 is 24.1 Å². The fourth-order valence-corrected chi connectivity index (χ4v) is 2.90. The molecule has 4 rings (SSSR count). The monoisotopic (exact) mass is 446 g/mol. The first-order chi connectivity index (χ1) is 16.1. The number of rotatable bonds is 9. The second kappa shape index (κ2) is 10.3. The van der Waals surface area contributed by atoms with Crippen molar-refractivity contribution in [1.82, 2.24) is 20.4 Å². The average Bonchev–Trinajstić information content (AvgIpc) is 3.27. The summed E-state index contributed by atoms with van der Waals surface area (Å²) in [5.41, 5.74) is 1.36. The third-order valence-corrected chi connectivity index (χ3v) is 4.57. The van der Waals surface area contributed by atoms with Crippen molar-refractivity contribution >= 4 is 5.91 Å². The molecule has 0 aliphatic rings.